The molecular formula is C13H17F2N3. The third-order valence-corrected chi connectivity index (χ3v) is 4.23. The van der Waals surface area contributed by atoms with Gasteiger partial charge in [0.25, 0.3) is 0 Å². The number of anilines is 2. The fourth-order valence-electron chi connectivity index (χ4n) is 3.34. The van der Waals surface area contributed by atoms with E-state index in [4.69, 9.17) is 0 Å². The summed E-state index contributed by atoms with van der Waals surface area (Å²) in [5.41, 5.74) is 0. The Morgan fingerprint density at radius 3 is 2.56 bits per heavy atom. The Balaban J connectivity index is 1.80. The molecule has 0 amide bonds. The van der Waals surface area contributed by atoms with Crippen molar-refractivity contribution in [1.29, 1.82) is 0 Å². The molecule has 3 nitrogen and oxygen atoms in total. The predicted octanol–water partition coefficient (Wildman–Crippen LogP) is 3.00. The zero-order chi connectivity index (χ0) is 12.7. The van der Waals surface area contributed by atoms with Crippen molar-refractivity contribution in [2.75, 3.05) is 17.7 Å². The van der Waals surface area contributed by atoms with Crippen LogP contribution in [-0.4, -0.2) is 18.1 Å². The summed E-state index contributed by atoms with van der Waals surface area (Å²) in [7, 11) is 1.57. The van der Waals surface area contributed by atoms with E-state index in [1.807, 2.05) is 0 Å². The average molecular weight is 253 g/mol. The number of hydrogen-bond acceptors (Lipinski definition) is 3. The number of pyridine rings is 1. The van der Waals surface area contributed by atoms with Crippen LogP contribution < -0.4 is 10.6 Å². The van der Waals surface area contributed by atoms with E-state index in [9.17, 15) is 8.78 Å². The first-order valence-electron chi connectivity index (χ1n) is 6.47. The quantitative estimate of drug-likeness (QED) is 0.869. The van der Waals surface area contributed by atoms with E-state index in [1.54, 1.807) is 7.05 Å². The molecule has 3 unspecified atom stereocenters. The smallest absolute Gasteiger partial charge is 0.168 e. The topological polar surface area (TPSA) is 37.0 Å². The molecule has 3 rings (SSSR count). The van der Waals surface area contributed by atoms with Crippen molar-refractivity contribution in [3.05, 3.63) is 17.7 Å². The summed E-state index contributed by atoms with van der Waals surface area (Å²) >= 11 is 0. The van der Waals surface area contributed by atoms with Gasteiger partial charge in [-0.1, -0.05) is 6.42 Å². The van der Waals surface area contributed by atoms with Crippen LogP contribution in [0.4, 0.5) is 20.4 Å². The van der Waals surface area contributed by atoms with E-state index in [0.717, 1.165) is 18.4 Å². The molecule has 1 aromatic rings. The molecule has 2 fully saturated rings. The normalized spacial score (nSPS) is 29.6. The molecular weight excluding hydrogens is 236 g/mol. The van der Waals surface area contributed by atoms with Crippen molar-refractivity contribution in [2.45, 2.75) is 31.7 Å². The lowest BCUT2D eigenvalue weighted by Gasteiger charge is -2.23. The second kappa shape index (κ2) is 4.37. The van der Waals surface area contributed by atoms with Crippen molar-refractivity contribution >= 4 is 11.6 Å². The van der Waals surface area contributed by atoms with Gasteiger partial charge in [0.1, 0.15) is 0 Å². The SMILES string of the molecule is CNc1nc(NC2CC3CCC2C3)c(F)cc1F. The van der Waals surface area contributed by atoms with Crippen molar-refractivity contribution in [3.63, 3.8) is 0 Å². The van der Waals surface area contributed by atoms with Crippen molar-refractivity contribution in [1.82, 2.24) is 4.98 Å². The number of halogens is 2. The maximum Gasteiger partial charge on any atom is 0.168 e. The zero-order valence-electron chi connectivity index (χ0n) is 10.3. The summed E-state index contributed by atoms with van der Waals surface area (Å²) in [6, 6.07) is 1.18. The molecule has 18 heavy (non-hydrogen) atoms. The largest absolute Gasteiger partial charge is 0.371 e. The first kappa shape index (κ1) is 11.7. The summed E-state index contributed by atoms with van der Waals surface area (Å²) in [6.07, 6.45) is 4.82. The molecule has 0 aromatic carbocycles. The maximum atomic E-state index is 13.7. The van der Waals surface area contributed by atoms with Gasteiger partial charge in [0, 0.05) is 19.2 Å². The lowest BCUT2D eigenvalue weighted by molar-refractivity contribution is 0.436. The van der Waals surface area contributed by atoms with Gasteiger partial charge in [0.15, 0.2) is 23.3 Å². The highest BCUT2D eigenvalue weighted by molar-refractivity contribution is 5.48. The Hall–Kier alpha value is -1.39. The maximum absolute atomic E-state index is 13.7. The average Bonchev–Trinajstić information content (AvgIpc) is 2.94. The zero-order valence-corrected chi connectivity index (χ0v) is 10.3. The van der Waals surface area contributed by atoms with Gasteiger partial charge in [-0.2, -0.15) is 0 Å². The Bertz CT molecular complexity index is 464. The first-order valence-corrected chi connectivity index (χ1v) is 6.47. The molecule has 2 saturated carbocycles. The van der Waals surface area contributed by atoms with Crippen molar-refractivity contribution in [3.8, 4) is 0 Å². The van der Waals surface area contributed by atoms with E-state index in [-0.39, 0.29) is 11.6 Å². The number of nitrogens with one attached hydrogen (secondary N) is 2. The molecule has 5 heteroatoms. The summed E-state index contributed by atoms with van der Waals surface area (Å²) < 4.78 is 27.0. The summed E-state index contributed by atoms with van der Waals surface area (Å²) in [5.74, 6) is 0.377. The molecule has 0 radical (unpaired) electrons. The van der Waals surface area contributed by atoms with Gasteiger partial charge in [-0.05, 0) is 31.1 Å². The molecule has 0 spiro atoms. The second-order valence-corrected chi connectivity index (χ2v) is 5.32. The highest BCUT2D eigenvalue weighted by Crippen LogP contribution is 2.45. The molecule has 2 bridgehead atoms. The number of fused-ring (bicyclic) bond motifs is 2. The van der Waals surface area contributed by atoms with Crippen LogP contribution in [0.25, 0.3) is 0 Å². The van der Waals surface area contributed by atoms with E-state index in [1.165, 1.54) is 19.3 Å². The van der Waals surface area contributed by atoms with Crippen LogP contribution >= 0.6 is 0 Å². The first-order chi connectivity index (χ1) is 8.67. The van der Waals surface area contributed by atoms with Crippen LogP contribution in [0.3, 0.4) is 0 Å². The second-order valence-electron chi connectivity index (χ2n) is 5.32. The van der Waals surface area contributed by atoms with Crippen molar-refractivity contribution in [2.24, 2.45) is 11.8 Å². The fraction of sp³-hybridized carbons (Fsp3) is 0.615. The summed E-state index contributed by atoms with van der Waals surface area (Å²) in [6.45, 7) is 0. The van der Waals surface area contributed by atoms with Crippen LogP contribution in [0.2, 0.25) is 0 Å². The van der Waals surface area contributed by atoms with Gasteiger partial charge >= 0.3 is 0 Å². The van der Waals surface area contributed by atoms with Crippen LogP contribution in [-0.2, 0) is 0 Å². The Labute approximate surface area is 105 Å². The molecule has 0 aliphatic heterocycles. The van der Waals surface area contributed by atoms with Gasteiger partial charge in [-0.3, -0.25) is 0 Å². The van der Waals surface area contributed by atoms with Gasteiger partial charge in [-0.25, -0.2) is 13.8 Å². The summed E-state index contributed by atoms with van der Waals surface area (Å²) in [5, 5.41) is 5.78. The molecule has 0 saturated heterocycles. The predicted molar refractivity (Wildman–Crippen MR) is 66.6 cm³/mol. The lowest BCUT2D eigenvalue weighted by Crippen LogP contribution is -2.27. The Morgan fingerprint density at radius 2 is 1.94 bits per heavy atom. The highest BCUT2D eigenvalue weighted by atomic mass is 19.1. The molecule has 98 valence electrons. The van der Waals surface area contributed by atoms with Gasteiger partial charge < -0.3 is 10.6 Å². The van der Waals surface area contributed by atoms with E-state index < -0.39 is 11.6 Å². The molecule has 3 atom stereocenters. The molecule has 1 aromatic heterocycles. The Kier molecular flexibility index (Phi) is 2.84. The van der Waals surface area contributed by atoms with Crippen LogP contribution in [0.1, 0.15) is 25.7 Å². The fourth-order valence-corrected chi connectivity index (χ4v) is 3.34. The van der Waals surface area contributed by atoms with Gasteiger partial charge in [-0.15, -0.1) is 0 Å². The highest BCUT2D eigenvalue weighted by Gasteiger charge is 2.39. The number of hydrogen-bond donors (Lipinski definition) is 2. The monoisotopic (exact) mass is 253 g/mol. The van der Waals surface area contributed by atoms with E-state index >= 15 is 0 Å². The van der Waals surface area contributed by atoms with E-state index in [2.05, 4.69) is 15.6 Å². The molecule has 2 aliphatic rings. The minimum absolute atomic E-state index is 0.0852. The number of rotatable bonds is 3. The van der Waals surface area contributed by atoms with Crippen molar-refractivity contribution < 1.29 is 8.78 Å². The van der Waals surface area contributed by atoms with Gasteiger partial charge in [0.2, 0.25) is 0 Å². The number of aromatic nitrogens is 1. The Morgan fingerprint density at radius 1 is 1.17 bits per heavy atom. The lowest BCUT2D eigenvalue weighted by atomic mass is 9.95. The van der Waals surface area contributed by atoms with E-state index in [0.29, 0.717) is 12.0 Å². The van der Waals surface area contributed by atoms with Crippen LogP contribution in [0.15, 0.2) is 6.07 Å². The molecule has 1 heterocycles. The minimum atomic E-state index is -0.659. The third-order valence-electron chi connectivity index (χ3n) is 4.23. The molecule has 2 N–H and O–H groups in total. The minimum Gasteiger partial charge on any atom is -0.371 e. The molecule has 2 aliphatic carbocycles. The standard InChI is InChI=1S/C13H17F2N3/c1-16-12-9(14)6-10(15)13(18-12)17-11-5-7-2-3-8(11)4-7/h6-8,11H,2-5H2,1H3,(H2,16,17,18). The van der Waals surface area contributed by atoms with Gasteiger partial charge in [0.05, 0.1) is 0 Å². The number of nitrogens with zero attached hydrogens (tertiary/aromatic N) is 1. The van der Waals surface area contributed by atoms with Crippen LogP contribution in [0, 0.1) is 23.5 Å². The van der Waals surface area contributed by atoms with Crippen LogP contribution in [0.5, 0.6) is 0 Å². The summed E-state index contributed by atoms with van der Waals surface area (Å²) in [4.78, 5) is 3.97. The third kappa shape index (κ3) is 1.91.